The smallest absolute Gasteiger partial charge is 0.410 e. The zero-order valence-corrected chi connectivity index (χ0v) is 31.7. The van der Waals surface area contributed by atoms with E-state index in [1.54, 1.807) is 0 Å². The van der Waals surface area contributed by atoms with Crippen molar-refractivity contribution in [2.45, 2.75) is 171 Å². The highest BCUT2D eigenvalue weighted by Crippen LogP contribution is 2.87. The fourth-order valence-electron chi connectivity index (χ4n) is 13.7. The number of amides is 2. The first-order valence-electron chi connectivity index (χ1n) is 20.4. The van der Waals surface area contributed by atoms with Gasteiger partial charge in [-0.15, -0.1) is 0 Å². The molecule has 5 saturated carbocycles. The second kappa shape index (κ2) is 14.0. The zero-order chi connectivity index (χ0) is 34.5. The van der Waals surface area contributed by atoms with Crippen LogP contribution in [0.2, 0.25) is 0 Å². The van der Waals surface area contributed by atoms with Gasteiger partial charge < -0.3 is 28.7 Å². The maximum absolute atomic E-state index is 12.9. The number of morpholine rings is 1. The molecule has 12 atom stereocenters. The topological polar surface area (TPSA) is 77.5 Å². The molecule has 292 valence electrons. The molecule has 8 nitrogen and oxygen atoms in total. The normalized spacial score (nSPS) is 43.9. The first-order chi connectivity index (χ1) is 23.3. The van der Waals surface area contributed by atoms with Crippen molar-refractivity contribution < 1.29 is 28.5 Å². The van der Waals surface area contributed by atoms with Crippen molar-refractivity contribution in [1.82, 2.24) is 9.80 Å². The number of likely N-dealkylation sites (tertiary alicyclic amines) is 1. The van der Waals surface area contributed by atoms with E-state index in [2.05, 4.69) is 48.5 Å². The van der Waals surface area contributed by atoms with Crippen LogP contribution >= 0.6 is 0 Å². The second-order valence-electron chi connectivity index (χ2n) is 19.6. The first-order valence-corrected chi connectivity index (χ1v) is 20.4. The summed E-state index contributed by atoms with van der Waals surface area (Å²) in [6.45, 7) is 19.7. The van der Waals surface area contributed by atoms with Crippen LogP contribution in [-0.2, 0) is 23.7 Å². The van der Waals surface area contributed by atoms with Gasteiger partial charge in [-0.05, 0) is 128 Å². The number of nitrogens with zero attached hydrogens (tertiary/aromatic N) is 2. The molecule has 0 aromatic carbocycles. The van der Waals surface area contributed by atoms with E-state index < -0.39 is 0 Å². The number of hydrogen-bond donors (Lipinski definition) is 0. The molecule has 51 heavy (non-hydrogen) atoms. The number of carbonyl (C=O) groups is 2. The molecule has 3 heterocycles. The van der Waals surface area contributed by atoms with E-state index in [1.807, 2.05) is 9.80 Å². The lowest BCUT2D eigenvalue weighted by Gasteiger charge is -2.60. The number of hydrogen-bond acceptors (Lipinski definition) is 6. The lowest BCUT2D eigenvalue weighted by molar-refractivity contribution is -0.244. The summed E-state index contributed by atoms with van der Waals surface area (Å²) < 4.78 is 26.2. The maximum Gasteiger partial charge on any atom is 0.410 e. The van der Waals surface area contributed by atoms with Crippen LogP contribution in [0.3, 0.4) is 0 Å². The van der Waals surface area contributed by atoms with Crippen molar-refractivity contribution >= 4 is 12.0 Å². The predicted octanol–water partition coefficient (Wildman–Crippen LogP) is 8.95. The van der Waals surface area contributed by atoms with Crippen molar-refractivity contribution in [3.8, 4) is 0 Å². The van der Waals surface area contributed by atoms with Crippen LogP contribution in [0.4, 0.5) is 4.79 Å². The summed E-state index contributed by atoms with van der Waals surface area (Å²) in [5.41, 5.74) is 1.39. The van der Waals surface area contributed by atoms with Gasteiger partial charge in [0.25, 0.3) is 0 Å². The fourth-order valence-corrected chi connectivity index (χ4v) is 13.7. The Morgan fingerprint density at radius 3 is 2.27 bits per heavy atom. The molecule has 5 aliphatic carbocycles. The summed E-state index contributed by atoms with van der Waals surface area (Å²) in [6, 6.07) is 0. The predicted molar refractivity (Wildman–Crippen MR) is 201 cm³/mol. The first kappa shape index (κ1) is 39.3. The molecule has 3 saturated heterocycles. The summed E-state index contributed by atoms with van der Waals surface area (Å²) in [7, 11) is 0. The second-order valence-corrected chi connectivity index (χ2v) is 19.6. The largest absolute Gasteiger partial charge is 0.443 e. The highest BCUT2D eigenvalue weighted by molar-refractivity contribution is 5.76. The third-order valence-corrected chi connectivity index (χ3v) is 16.2. The molecule has 8 heteroatoms. The summed E-state index contributed by atoms with van der Waals surface area (Å²) in [5.74, 6) is 3.68. The van der Waals surface area contributed by atoms with Crippen LogP contribution in [0.5, 0.6) is 0 Å². The van der Waals surface area contributed by atoms with Crippen molar-refractivity contribution in [3.63, 3.8) is 0 Å². The van der Waals surface area contributed by atoms with Crippen molar-refractivity contribution in [2.24, 2.45) is 57.2 Å². The highest BCUT2D eigenvalue weighted by Gasteiger charge is 2.80. The summed E-state index contributed by atoms with van der Waals surface area (Å²) in [5, 5.41) is 0. The summed E-state index contributed by atoms with van der Waals surface area (Å²) >= 11 is 0. The van der Waals surface area contributed by atoms with Gasteiger partial charge in [-0.1, -0.05) is 63.3 Å². The van der Waals surface area contributed by atoms with Crippen LogP contribution in [0.25, 0.3) is 0 Å². The molecular weight excluding hydrogens is 640 g/mol. The van der Waals surface area contributed by atoms with Gasteiger partial charge in [0.15, 0.2) is 6.29 Å². The van der Waals surface area contributed by atoms with Gasteiger partial charge in [-0.2, -0.15) is 0 Å². The molecule has 8 fully saturated rings. The van der Waals surface area contributed by atoms with Crippen LogP contribution in [0.15, 0.2) is 0 Å². The highest BCUT2D eigenvalue weighted by atomic mass is 16.7. The van der Waals surface area contributed by atoms with E-state index >= 15 is 0 Å². The quantitative estimate of drug-likeness (QED) is 0.262. The number of ether oxygens (including phenoxy) is 4. The molecule has 2 spiro atoms. The van der Waals surface area contributed by atoms with E-state index in [-0.39, 0.29) is 62.8 Å². The van der Waals surface area contributed by atoms with Gasteiger partial charge in [-0.3, -0.25) is 4.79 Å². The van der Waals surface area contributed by atoms with E-state index in [0.717, 1.165) is 44.2 Å². The molecule has 8 rings (SSSR count). The number of rotatable bonds is 7. The van der Waals surface area contributed by atoms with Gasteiger partial charge in [0.2, 0.25) is 5.91 Å². The molecule has 2 amide bonds. The zero-order valence-electron chi connectivity index (χ0n) is 31.7. The van der Waals surface area contributed by atoms with Crippen molar-refractivity contribution in [1.29, 1.82) is 0 Å². The fraction of sp³-hybridized carbons (Fsp3) is 0.953. The van der Waals surface area contributed by atoms with Gasteiger partial charge >= 0.3 is 6.09 Å². The van der Waals surface area contributed by atoms with E-state index in [9.17, 15) is 9.59 Å². The summed E-state index contributed by atoms with van der Waals surface area (Å²) in [6.07, 6.45) is 14.1. The molecule has 0 bridgehead atoms. The maximum atomic E-state index is 12.9. The molecular formula is C43H74N2O6. The average Bonchev–Trinajstić information content (AvgIpc) is 3.60. The molecule has 8 aliphatic rings. The number of fused-ring (bicyclic) bond motifs is 4. The lowest BCUT2D eigenvalue weighted by Crippen LogP contribution is -2.56. The van der Waals surface area contributed by atoms with Gasteiger partial charge in [-0.25, -0.2) is 4.79 Å². The molecule has 0 radical (unpaired) electrons. The Labute approximate surface area is 310 Å². The Kier molecular flexibility index (Phi) is 10.8. The Morgan fingerprint density at radius 2 is 1.59 bits per heavy atom. The molecule has 3 aliphatic heterocycles. The molecule has 0 aromatic rings. The van der Waals surface area contributed by atoms with Gasteiger partial charge in [0.1, 0.15) is 6.10 Å². The summed E-state index contributed by atoms with van der Waals surface area (Å²) in [4.78, 5) is 29.5. The standard InChI is InChI=1S/C41H66N2O6.2CH4/c1-25(2)21-34(44)43-19-20-46-35(23-43)48-33-13-14-41-24-40(41)16-15-39(7)28-9-11-30(36(26(3)4)49-37(45)42-17-8-18-42)47-31(28)22-29(39)27(40)10-12-32(41)38(33,5)6;;/h25-33,35-36H,8-24H2,1-7H3;2*1H4/t27?,28?,29?,30?,31?,32?,33-,35?,36+,39+,40-,41+;;/m0../s1. The van der Waals surface area contributed by atoms with Gasteiger partial charge in [0, 0.05) is 26.1 Å². The number of carbonyl (C=O) groups excluding carboxylic acids is 2. The van der Waals surface area contributed by atoms with Crippen molar-refractivity contribution in [2.75, 3.05) is 32.8 Å². The lowest BCUT2D eigenvalue weighted by atomic mass is 9.46. The van der Waals surface area contributed by atoms with Crippen LogP contribution < -0.4 is 0 Å². The van der Waals surface area contributed by atoms with Gasteiger partial charge in [0.05, 0.1) is 31.5 Å². The minimum absolute atomic E-state index is 0. The Bertz CT molecular complexity index is 1280. The third kappa shape index (κ3) is 6.19. The SMILES string of the molecule is C.C.CC(C)CC(=O)N1CCOC(O[C@H]2CC[C@]34C[C@]35CC[C@]3(C)C6CCC([C@H](OC(=O)N7CCC7)C(C)C)OC6CC3C5CCC4C2(C)C)C1. The molecule has 7 unspecified atom stereocenters. The van der Waals surface area contributed by atoms with Crippen molar-refractivity contribution in [3.05, 3.63) is 0 Å². The minimum Gasteiger partial charge on any atom is -0.443 e. The van der Waals surface area contributed by atoms with Crippen LogP contribution in [0.1, 0.15) is 140 Å². The average molecular weight is 715 g/mol. The Hall–Kier alpha value is -1.38. The Morgan fingerprint density at radius 1 is 0.843 bits per heavy atom. The van der Waals surface area contributed by atoms with Crippen LogP contribution in [-0.4, -0.2) is 85.3 Å². The monoisotopic (exact) mass is 715 g/mol. The van der Waals surface area contributed by atoms with E-state index in [0.29, 0.717) is 66.2 Å². The Balaban J connectivity index is 0.00000224. The molecule has 0 N–H and O–H groups in total. The third-order valence-electron chi connectivity index (χ3n) is 16.2. The van der Waals surface area contributed by atoms with E-state index in [1.165, 1.54) is 51.4 Å². The van der Waals surface area contributed by atoms with Crippen LogP contribution in [0, 0.1) is 57.2 Å². The molecule has 0 aromatic heterocycles. The minimum atomic E-state index is -0.316. The van der Waals surface area contributed by atoms with E-state index in [4.69, 9.17) is 18.9 Å².